The molecule has 0 saturated heterocycles. The van der Waals surface area contributed by atoms with Gasteiger partial charge in [-0.15, -0.1) is 0 Å². The van der Waals surface area contributed by atoms with Gasteiger partial charge in [0.2, 0.25) is 0 Å². The van der Waals surface area contributed by atoms with E-state index in [2.05, 4.69) is 20.1 Å². The number of aromatic nitrogens is 5. The lowest BCUT2D eigenvalue weighted by atomic mass is 9.98. The van der Waals surface area contributed by atoms with Crippen molar-refractivity contribution in [2.24, 2.45) is 0 Å². The van der Waals surface area contributed by atoms with Crippen molar-refractivity contribution >= 4 is 11.6 Å². The first-order valence-corrected chi connectivity index (χ1v) is 10.6. The second-order valence-corrected chi connectivity index (χ2v) is 8.72. The minimum atomic E-state index is -4.76. The standard InChI is InChI=1S/C23H20ClF4N5O/c1-22(2,34)7-10-33-20(23(26,27)28)14(12-32-33)19-18(21-29-8-4-9-30-21)13(11-31-19)17-15(24)5-3-6-16(17)25/h3-6,8-9,11-12,31,34H,7,10H2,1-2H3. The Labute approximate surface area is 197 Å². The SMILES string of the molecule is CC(C)(O)CCn1ncc(-c2[nH]cc(-c3c(F)cccc3Cl)c2-c2ncccn2)c1C(F)(F)F. The molecule has 11 heteroatoms. The molecule has 0 radical (unpaired) electrons. The fourth-order valence-corrected chi connectivity index (χ4v) is 3.93. The number of rotatable bonds is 6. The highest BCUT2D eigenvalue weighted by Crippen LogP contribution is 2.45. The van der Waals surface area contributed by atoms with Crippen molar-refractivity contribution in [1.29, 1.82) is 0 Å². The van der Waals surface area contributed by atoms with Gasteiger partial charge >= 0.3 is 6.18 Å². The second-order valence-electron chi connectivity index (χ2n) is 8.31. The molecule has 3 heterocycles. The number of aliphatic hydroxyl groups is 1. The summed E-state index contributed by atoms with van der Waals surface area (Å²) < 4.78 is 58.1. The van der Waals surface area contributed by atoms with E-state index >= 15 is 0 Å². The number of nitrogens with one attached hydrogen (secondary N) is 1. The van der Waals surface area contributed by atoms with Crippen LogP contribution in [-0.4, -0.2) is 35.4 Å². The summed E-state index contributed by atoms with van der Waals surface area (Å²) in [6.07, 6.45) is 0.609. The van der Waals surface area contributed by atoms with E-state index in [9.17, 15) is 22.7 Å². The molecule has 0 spiro atoms. The number of aromatic amines is 1. The molecule has 0 amide bonds. The van der Waals surface area contributed by atoms with Gasteiger partial charge < -0.3 is 10.1 Å². The van der Waals surface area contributed by atoms with E-state index in [0.717, 1.165) is 10.9 Å². The average Bonchev–Trinajstić information content (AvgIpc) is 3.36. The van der Waals surface area contributed by atoms with E-state index in [-0.39, 0.29) is 51.8 Å². The van der Waals surface area contributed by atoms with Gasteiger partial charge in [-0.25, -0.2) is 14.4 Å². The average molecular weight is 494 g/mol. The molecule has 2 N–H and O–H groups in total. The van der Waals surface area contributed by atoms with Gasteiger partial charge in [0.25, 0.3) is 0 Å². The van der Waals surface area contributed by atoms with Crippen LogP contribution in [0.3, 0.4) is 0 Å². The van der Waals surface area contributed by atoms with Crippen LogP contribution in [0.25, 0.3) is 33.8 Å². The van der Waals surface area contributed by atoms with Crippen molar-refractivity contribution in [1.82, 2.24) is 24.7 Å². The first-order chi connectivity index (χ1) is 16.0. The van der Waals surface area contributed by atoms with Crippen LogP contribution in [-0.2, 0) is 12.7 Å². The molecule has 6 nitrogen and oxygen atoms in total. The van der Waals surface area contributed by atoms with Crippen molar-refractivity contribution in [3.05, 3.63) is 65.6 Å². The Morgan fingerprint density at radius 2 is 1.76 bits per heavy atom. The summed E-state index contributed by atoms with van der Waals surface area (Å²) in [4.78, 5) is 11.2. The minimum Gasteiger partial charge on any atom is -0.390 e. The topological polar surface area (TPSA) is 79.6 Å². The van der Waals surface area contributed by atoms with E-state index in [1.54, 1.807) is 6.07 Å². The number of halogens is 5. The molecule has 0 aliphatic carbocycles. The lowest BCUT2D eigenvalue weighted by molar-refractivity contribution is -0.144. The van der Waals surface area contributed by atoms with Crippen LogP contribution in [0.2, 0.25) is 5.02 Å². The van der Waals surface area contributed by atoms with Crippen LogP contribution < -0.4 is 0 Å². The molecular formula is C23H20ClF4N5O. The lowest BCUT2D eigenvalue weighted by Gasteiger charge is -2.19. The van der Waals surface area contributed by atoms with E-state index in [0.29, 0.717) is 0 Å². The van der Waals surface area contributed by atoms with Gasteiger partial charge in [-0.3, -0.25) is 4.68 Å². The molecule has 0 saturated carbocycles. The zero-order valence-corrected chi connectivity index (χ0v) is 18.9. The fourth-order valence-electron chi connectivity index (χ4n) is 3.66. The monoisotopic (exact) mass is 493 g/mol. The number of hydrogen-bond acceptors (Lipinski definition) is 4. The summed E-state index contributed by atoms with van der Waals surface area (Å²) in [5.41, 5.74) is -2.06. The van der Waals surface area contributed by atoms with Gasteiger partial charge in [-0.1, -0.05) is 17.7 Å². The summed E-state index contributed by atoms with van der Waals surface area (Å²) >= 11 is 6.26. The number of aryl methyl sites for hydroxylation is 1. The number of hydrogen-bond donors (Lipinski definition) is 2. The Hall–Kier alpha value is -3.24. The second kappa shape index (κ2) is 8.84. The maximum atomic E-state index is 14.8. The molecule has 34 heavy (non-hydrogen) atoms. The Balaban J connectivity index is 1.96. The molecule has 0 unspecified atom stereocenters. The Morgan fingerprint density at radius 1 is 1.06 bits per heavy atom. The van der Waals surface area contributed by atoms with Gasteiger partial charge in [-0.2, -0.15) is 18.3 Å². The quantitative estimate of drug-likeness (QED) is 0.324. The van der Waals surface area contributed by atoms with E-state index < -0.39 is 23.3 Å². The molecule has 0 atom stereocenters. The summed E-state index contributed by atoms with van der Waals surface area (Å²) in [5, 5.41) is 14.0. The van der Waals surface area contributed by atoms with Crippen molar-refractivity contribution in [3.63, 3.8) is 0 Å². The smallest absolute Gasteiger partial charge is 0.390 e. The highest BCUT2D eigenvalue weighted by atomic mass is 35.5. The molecule has 0 aliphatic rings. The van der Waals surface area contributed by atoms with Gasteiger partial charge in [-0.05, 0) is 38.5 Å². The molecule has 0 fully saturated rings. The first kappa shape index (κ1) is 23.9. The van der Waals surface area contributed by atoms with Crippen LogP contribution in [0.1, 0.15) is 26.0 Å². The minimum absolute atomic E-state index is 0.0112. The third kappa shape index (κ3) is 4.69. The number of alkyl halides is 3. The van der Waals surface area contributed by atoms with Gasteiger partial charge in [0.15, 0.2) is 11.5 Å². The van der Waals surface area contributed by atoms with Crippen molar-refractivity contribution in [2.75, 3.05) is 0 Å². The van der Waals surface area contributed by atoms with E-state index in [4.69, 9.17) is 11.6 Å². The third-order valence-corrected chi connectivity index (χ3v) is 5.53. The maximum Gasteiger partial charge on any atom is 0.433 e. The molecule has 1 aromatic carbocycles. The van der Waals surface area contributed by atoms with Gasteiger partial charge in [0.05, 0.1) is 28.1 Å². The van der Waals surface area contributed by atoms with Crippen LogP contribution >= 0.6 is 11.6 Å². The summed E-state index contributed by atoms with van der Waals surface area (Å²) in [7, 11) is 0. The number of H-pyrrole nitrogens is 1. The predicted molar refractivity (Wildman–Crippen MR) is 119 cm³/mol. The third-order valence-electron chi connectivity index (χ3n) is 5.21. The maximum absolute atomic E-state index is 14.8. The van der Waals surface area contributed by atoms with Crippen LogP contribution in [0.4, 0.5) is 17.6 Å². The summed E-state index contributed by atoms with van der Waals surface area (Å²) in [5.74, 6) is -0.558. The molecular weight excluding hydrogens is 474 g/mol. The highest BCUT2D eigenvalue weighted by Gasteiger charge is 2.40. The number of benzene rings is 1. The summed E-state index contributed by atoms with van der Waals surface area (Å²) in [6.45, 7) is 2.85. The Morgan fingerprint density at radius 3 is 2.38 bits per heavy atom. The van der Waals surface area contributed by atoms with Gasteiger partial charge in [0.1, 0.15) is 5.82 Å². The molecule has 4 aromatic rings. The van der Waals surface area contributed by atoms with Crippen LogP contribution in [0.5, 0.6) is 0 Å². The summed E-state index contributed by atoms with van der Waals surface area (Å²) in [6, 6.07) is 5.68. The zero-order chi connectivity index (χ0) is 24.7. The molecule has 3 aromatic heterocycles. The lowest BCUT2D eigenvalue weighted by Crippen LogP contribution is -2.24. The van der Waals surface area contributed by atoms with Gasteiger partial charge in [0, 0.05) is 41.8 Å². The normalized spacial score (nSPS) is 12.4. The highest BCUT2D eigenvalue weighted by molar-refractivity contribution is 6.33. The Kier molecular flexibility index (Phi) is 6.22. The van der Waals surface area contributed by atoms with Crippen molar-refractivity contribution in [2.45, 2.75) is 38.6 Å². The van der Waals surface area contributed by atoms with Crippen LogP contribution in [0.15, 0.2) is 49.1 Å². The first-order valence-electron chi connectivity index (χ1n) is 10.3. The van der Waals surface area contributed by atoms with Crippen molar-refractivity contribution in [3.8, 4) is 33.8 Å². The van der Waals surface area contributed by atoms with E-state index in [1.165, 1.54) is 50.6 Å². The molecule has 178 valence electrons. The fraction of sp³-hybridized carbons (Fsp3) is 0.261. The largest absolute Gasteiger partial charge is 0.433 e. The molecule has 0 bridgehead atoms. The molecule has 4 rings (SSSR count). The number of nitrogens with zero attached hydrogens (tertiary/aromatic N) is 4. The van der Waals surface area contributed by atoms with Crippen LogP contribution in [0, 0.1) is 5.82 Å². The Bertz CT molecular complexity index is 1290. The van der Waals surface area contributed by atoms with Crippen molar-refractivity contribution < 1.29 is 22.7 Å². The zero-order valence-electron chi connectivity index (χ0n) is 18.2. The predicted octanol–water partition coefficient (Wildman–Crippen LogP) is 5.97. The van der Waals surface area contributed by atoms with E-state index in [1.807, 2.05) is 0 Å². The molecule has 0 aliphatic heterocycles.